The van der Waals surface area contributed by atoms with Crippen molar-refractivity contribution < 1.29 is 24.2 Å². The highest BCUT2D eigenvalue weighted by molar-refractivity contribution is 5.70. The maximum atomic E-state index is 12.2. The van der Waals surface area contributed by atoms with E-state index in [0.29, 0.717) is 25.7 Å². The van der Waals surface area contributed by atoms with Crippen molar-refractivity contribution in [1.29, 1.82) is 0 Å². The number of aliphatic hydroxyl groups excluding tert-OH is 1. The van der Waals surface area contributed by atoms with Crippen LogP contribution >= 0.6 is 0 Å². The van der Waals surface area contributed by atoms with E-state index in [1.54, 1.807) is 0 Å². The van der Waals surface area contributed by atoms with Crippen molar-refractivity contribution in [2.24, 2.45) is 0 Å². The Labute approximate surface area is 191 Å². The summed E-state index contributed by atoms with van der Waals surface area (Å²) < 4.78 is 11.0. The molecule has 0 saturated heterocycles. The van der Waals surface area contributed by atoms with E-state index in [0.717, 1.165) is 32.1 Å². The van der Waals surface area contributed by atoms with Crippen LogP contribution in [0.4, 0.5) is 0 Å². The molecule has 5 heteroatoms. The largest absolute Gasteiger partial charge is 0.466 e. The molecule has 0 radical (unpaired) electrons. The van der Waals surface area contributed by atoms with Gasteiger partial charge in [0, 0.05) is 32.3 Å². The van der Waals surface area contributed by atoms with Crippen LogP contribution in [0.15, 0.2) is 0 Å². The van der Waals surface area contributed by atoms with Crippen molar-refractivity contribution in [3.63, 3.8) is 0 Å². The molecule has 0 fully saturated rings. The van der Waals surface area contributed by atoms with Crippen molar-refractivity contribution in [3.8, 4) is 0 Å². The maximum absolute atomic E-state index is 12.2. The number of carbonyl (C=O) groups excluding carboxylic acids is 2. The lowest BCUT2D eigenvalue weighted by Crippen LogP contribution is -2.34. The van der Waals surface area contributed by atoms with Crippen LogP contribution in [-0.2, 0) is 19.1 Å². The second-order valence-corrected chi connectivity index (χ2v) is 9.11. The number of esters is 2. The van der Waals surface area contributed by atoms with E-state index in [2.05, 4.69) is 13.8 Å². The van der Waals surface area contributed by atoms with Crippen LogP contribution in [-0.4, -0.2) is 35.9 Å². The SMILES string of the molecule is CCCCCCCCCC(=O)OCCC(C)(CCO)OC(=O)CCCCCCCCC. The monoisotopic (exact) mass is 442 g/mol. The Bertz CT molecular complexity index is 438. The van der Waals surface area contributed by atoms with Gasteiger partial charge in [0.15, 0.2) is 0 Å². The molecule has 0 aliphatic heterocycles. The van der Waals surface area contributed by atoms with E-state index >= 15 is 0 Å². The predicted molar refractivity (Wildman–Crippen MR) is 127 cm³/mol. The van der Waals surface area contributed by atoms with Gasteiger partial charge >= 0.3 is 11.9 Å². The first-order valence-electron chi connectivity index (χ1n) is 13.0. The third kappa shape index (κ3) is 19.3. The number of ether oxygens (including phenoxy) is 2. The van der Waals surface area contributed by atoms with Crippen molar-refractivity contribution in [1.82, 2.24) is 0 Å². The van der Waals surface area contributed by atoms with Crippen molar-refractivity contribution in [3.05, 3.63) is 0 Å². The summed E-state index contributed by atoms with van der Waals surface area (Å²) in [5, 5.41) is 9.36. The highest BCUT2D eigenvalue weighted by atomic mass is 16.6. The zero-order valence-electron chi connectivity index (χ0n) is 20.7. The Kier molecular flexibility index (Phi) is 20.0. The molecule has 0 saturated carbocycles. The standard InChI is InChI=1S/C26H50O5/c1-4-6-8-10-12-14-16-18-24(28)30-23-21-26(3,20-22-27)31-25(29)19-17-15-13-11-9-7-5-2/h27H,4-23H2,1-3H3. The zero-order chi connectivity index (χ0) is 23.2. The lowest BCUT2D eigenvalue weighted by Gasteiger charge is -2.29. The number of hydrogen-bond acceptors (Lipinski definition) is 5. The van der Waals surface area contributed by atoms with Crippen LogP contribution in [0.1, 0.15) is 136 Å². The lowest BCUT2D eigenvalue weighted by atomic mass is 9.98. The summed E-state index contributed by atoms with van der Waals surface area (Å²) >= 11 is 0. The summed E-state index contributed by atoms with van der Waals surface area (Å²) in [6.45, 7) is 6.38. The fourth-order valence-electron chi connectivity index (χ4n) is 3.70. The van der Waals surface area contributed by atoms with E-state index in [1.807, 2.05) is 6.92 Å². The van der Waals surface area contributed by atoms with Crippen molar-refractivity contribution >= 4 is 11.9 Å². The number of aliphatic hydroxyl groups is 1. The topological polar surface area (TPSA) is 72.8 Å². The maximum Gasteiger partial charge on any atom is 0.306 e. The van der Waals surface area contributed by atoms with Crippen LogP contribution in [0.2, 0.25) is 0 Å². The van der Waals surface area contributed by atoms with Crippen molar-refractivity contribution in [2.45, 2.75) is 142 Å². The van der Waals surface area contributed by atoms with Gasteiger partial charge in [0.25, 0.3) is 0 Å². The molecule has 0 aromatic carbocycles. The van der Waals surface area contributed by atoms with Crippen LogP contribution in [0.3, 0.4) is 0 Å². The highest BCUT2D eigenvalue weighted by Gasteiger charge is 2.28. The molecule has 0 aromatic heterocycles. The molecule has 0 aliphatic carbocycles. The summed E-state index contributed by atoms with van der Waals surface area (Å²) in [6.07, 6.45) is 17.9. The van der Waals surface area contributed by atoms with Gasteiger partial charge in [0.05, 0.1) is 6.61 Å². The lowest BCUT2D eigenvalue weighted by molar-refractivity contribution is -0.162. The molecule has 1 N–H and O–H groups in total. The summed E-state index contributed by atoms with van der Waals surface area (Å²) in [6, 6.07) is 0. The van der Waals surface area contributed by atoms with E-state index in [-0.39, 0.29) is 25.2 Å². The molecule has 31 heavy (non-hydrogen) atoms. The Morgan fingerprint density at radius 1 is 0.677 bits per heavy atom. The number of rotatable bonds is 22. The Morgan fingerprint density at radius 2 is 1.13 bits per heavy atom. The smallest absolute Gasteiger partial charge is 0.306 e. The molecule has 184 valence electrons. The van der Waals surface area contributed by atoms with E-state index < -0.39 is 5.60 Å². The third-order valence-corrected chi connectivity index (χ3v) is 5.86. The van der Waals surface area contributed by atoms with Gasteiger partial charge in [0.2, 0.25) is 0 Å². The zero-order valence-corrected chi connectivity index (χ0v) is 20.7. The number of hydrogen-bond donors (Lipinski definition) is 1. The van der Waals surface area contributed by atoms with Gasteiger partial charge in [-0.25, -0.2) is 0 Å². The van der Waals surface area contributed by atoms with Gasteiger partial charge < -0.3 is 14.6 Å². The fourth-order valence-corrected chi connectivity index (χ4v) is 3.70. The molecule has 0 bridgehead atoms. The van der Waals surface area contributed by atoms with Crippen LogP contribution < -0.4 is 0 Å². The average Bonchev–Trinajstić information content (AvgIpc) is 2.72. The predicted octanol–water partition coefficient (Wildman–Crippen LogP) is 6.89. The molecular formula is C26H50O5. The summed E-state index contributed by atoms with van der Waals surface area (Å²) in [5.41, 5.74) is -0.785. The number of unbranched alkanes of at least 4 members (excludes halogenated alkanes) is 12. The van der Waals surface area contributed by atoms with Gasteiger partial charge in [-0.1, -0.05) is 90.9 Å². The second kappa shape index (κ2) is 20.8. The second-order valence-electron chi connectivity index (χ2n) is 9.11. The van der Waals surface area contributed by atoms with Gasteiger partial charge in [-0.2, -0.15) is 0 Å². The average molecular weight is 443 g/mol. The van der Waals surface area contributed by atoms with Crippen LogP contribution in [0.25, 0.3) is 0 Å². The molecule has 5 nitrogen and oxygen atoms in total. The first-order chi connectivity index (χ1) is 15.0. The van der Waals surface area contributed by atoms with Gasteiger partial charge in [0.1, 0.15) is 5.60 Å². The van der Waals surface area contributed by atoms with E-state index in [4.69, 9.17) is 9.47 Å². The summed E-state index contributed by atoms with van der Waals surface area (Å²) in [4.78, 5) is 24.2. The molecule has 0 heterocycles. The third-order valence-electron chi connectivity index (χ3n) is 5.86. The molecule has 0 aliphatic rings. The molecule has 0 aromatic rings. The van der Waals surface area contributed by atoms with Gasteiger partial charge in [-0.15, -0.1) is 0 Å². The molecule has 1 unspecified atom stereocenters. The minimum Gasteiger partial charge on any atom is -0.466 e. The van der Waals surface area contributed by atoms with Crippen LogP contribution in [0, 0.1) is 0 Å². The van der Waals surface area contributed by atoms with E-state index in [1.165, 1.54) is 57.8 Å². The first kappa shape index (κ1) is 29.9. The fraction of sp³-hybridized carbons (Fsp3) is 0.923. The highest BCUT2D eigenvalue weighted by Crippen LogP contribution is 2.22. The molecule has 0 amide bonds. The Morgan fingerprint density at radius 3 is 1.61 bits per heavy atom. The van der Waals surface area contributed by atoms with E-state index in [9.17, 15) is 14.7 Å². The normalized spacial score (nSPS) is 13.0. The van der Waals surface area contributed by atoms with Gasteiger partial charge in [-0.3, -0.25) is 9.59 Å². The van der Waals surface area contributed by atoms with Gasteiger partial charge in [-0.05, 0) is 19.8 Å². The quantitative estimate of drug-likeness (QED) is 0.146. The minimum atomic E-state index is -0.785. The molecule has 0 spiro atoms. The summed E-state index contributed by atoms with van der Waals surface area (Å²) in [5.74, 6) is -0.409. The van der Waals surface area contributed by atoms with Crippen molar-refractivity contribution in [2.75, 3.05) is 13.2 Å². The minimum absolute atomic E-state index is 0.0623. The Hall–Kier alpha value is -1.10. The Balaban J connectivity index is 3.97. The molecule has 1 atom stereocenters. The molecular weight excluding hydrogens is 392 g/mol. The molecule has 0 rings (SSSR count). The number of carbonyl (C=O) groups is 2. The summed E-state index contributed by atoms with van der Waals surface area (Å²) in [7, 11) is 0. The van der Waals surface area contributed by atoms with Crippen LogP contribution in [0.5, 0.6) is 0 Å². The first-order valence-corrected chi connectivity index (χ1v) is 13.0.